The van der Waals surface area contributed by atoms with Crippen LogP contribution >= 0.6 is 0 Å². The first kappa shape index (κ1) is 26.2. The number of phenolic OH excluding ortho intramolecular Hbond substituents is 6. The molecule has 0 amide bonds. The Kier molecular flexibility index (Phi) is 6.32. The first-order valence-electron chi connectivity index (χ1n) is 12.7. The summed E-state index contributed by atoms with van der Waals surface area (Å²) in [7, 11) is 0. The van der Waals surface area contributed by atoms with Crippen molar-refractivity contribution in [3.05, 3.63) is 82.9 Å². The van der Waals surface area contributed by atoms with E-state index in [2.05, 4.69) is 0 Å². The minimum atomic E-state index is -1.07. The summed E-state index contributed by atoms with van der Waals surface area (Å²) in [5.41, 5.74) is 1.53. The van der Waals surface area contributed by atoms with Crippen molar-refractivity contribution in [1.29, 1.82) is 0 Å². The van der Waals surface area contributed by atoms with Gasteiger partial charge in [0.25, 0.3) is 0 Å². The van der Waals surface area contributed by atoms with Crippen LogP contribution in [0.5, 0.6) is 57.5 Å². The normalized spacial score (nSPS) is 21.2. The highest BCUT2D eigenvalue weighted by Crippen LogP contribution is 2.46. The van der Waals surface area contributed by atoms with Crippen LogP contribution < -0.4 is 14.2 Å². The lowest BCUT2D eigenvalue weighted by molar-refractivity contribution is 0.0196. The second-order valence-corrected chi connectivity index (χ2v) is 10.1. The second kappa shape index (κ2) is 9.88. The van der Waals surface area contributed by atoms with Gasteiger partial charge in [0.1, 0.15) is 46.7 Å². The Balaban J connectivity index is 1.28. The maximum Gasteiger partial charge on any atom is 0.169 e. The van der Waals surface area contributed by atoms with Crippen molar-refractivity contribution in [2.45, 2.75) is 37.3 Å². The molecule has 0 unspecified atom stereocenters. The van der Waals surface area contributed by atoms with E-state index in [1.165, 1.54) is 48.5 Å². The summed E-state index contributed by atoms with van der Waals surface area (Å²) in [6.07, 6.45) is -3.89. The molecule has 0 aliphatic carbocycles. The van der Waals surface area contributed by atoms with Crippen molar-refractivity contribution in [2.75, 3.05) is 0 Å². The molecule has 11 heteroatoms. The molecule has 2 heterocycles. The number of hydrogen-bond donors (Lipinski definition) is 8. The fourth-order valence-electron chi connectivity index (χ4n) is 5.19. The lowest BCUT2D eigenvalue weighted by atomic mass is 9.93. The molecule has 212 valence electrons. The Morgan fingerprint density at radius 1 is 0.537 bits per heavy atom. The lowest BCUT2D eigenvalue weighted by Gasteiger charge is -2.32. The van der Waals surface area contributed by atoms with E-state index >= 15 is 0 Å². The van der Waals surface area contributed by atoms with Crippen molar-refractivity contribution >= 4 is 0 Å². The van der Waals surface area contributed by atoms with Crippen molar-refractivity contribution < 1.29 is 55.1 Å². The van der Waals surface area contributed by atoms with Crippen molar-refractivity contribution in [3.8, 4) is 57.5 Å². The number of aliphatic hydroxyl groups is 2. The van der Waals surface area contributed by atoms with E-state index in [-0.39, 0.29) is 70.3 Å². The number of aromatic hydroxyl groups is 6. The molecule has 0 radical (unpaired) electrons. The zero-order chi connectivity index (χ0) is 29.0. The summed E-state index contributed by atoms with van der Waals surface area (Å²) in [5, 5.41) is 82.5. The van der Waals surface area contributed by atoms with Gasteiger partial charge in [0, 0.05) is 48.2 Å². The summed E-state index contributed by atoms with van der Waals surface area (Å²) in [6.45, 7) is 0. The average molecular weight is 563 g/mol. The van der Waals surface area contributed by atoms with Crippen LogP contribution in [-0.2, 0) is 12.8 Å². The van der Waals surface area contributed by atoms with E-state index in [0.29, 0.717) is 22.3 Å². The topological polar surface area (TPSA) is 190 Å². The second-order valence-electron chi connectivity index (χ2n) is 10.1. The first-order chi connectivity index (χ1) is 19.6. The van der Waals surface area contributed by atoms with Crippen LogP contribution in [0.1, 0.15) is 34.5 Å². The van der Waals surface area contributed by atoms with Gasteiger partial charge in [-0.25, -0.2) is 0 Å². The molecule has 4 aromatic carbocycles. The quantitative estimate of drug-likeness (QED) is 0.181. The molecular weight excluding hydrogens is 536 g/mol. The maximum atomic E-state index is 10.8. The lowest BCUT2D eigenvalue weighted by Crippen LogP contribution is -2.30. The highest BCUT2D eigenvalue weighted by Gasteiger charge is 2.34. The van der Waals surface area contributed by atoms with Gasteiger partial charge in [-0.15, -0.1) is 0 Å². The van der Waals surface area contributed by atoms with Crippen LogP contribution in [-0.4, -0.2) is 53.1 Å². The van der Waals surface area contributed by atoms with Gasteiger partial charge in [0.05, 0.1) is 12.2 Å². The molecule has 41 heavy (non-hydrogen) atoms. The summed E-state index contributed by atoms with van der Waals surface area (Å²) in [6, 6.07) is 13.5. The van der Waals surface area contributed by atoms with Gasteiger partial charge < -0.3 is 55.1 Å². The van der Waals surface area contributed by atoms with E-state index in [0.717, 1.165) is 12.1 Å². The van der Waals surface area contributed by atoms with Crippen molar-refractivity contribution in [3.63, 3.8) is 0 Å². The highest BCUT2D eigenvalue weighted by atomic mass is 16.5. The molecule has 0 bridgehead atoms. The van der Waals surface area contributed by atoms with Gasteiger partial charge >= 0.3 is 0 Å². The summed E-state index contributed by atoms with van der Waals surface area (Å²) in [4.78, 5) is 0. The van der Waals surface area contributed by atoms with E-state index in [1.54, 1.807) is 0 Å². The molecule has 0 aromatic heterocycles. The fraction of sp³-hybridized carbons (Fsp3) is 0.200. The SMILES string of the molecule is Oc1cc(O)c2c(c1)O[C@H](c1ccc(O)c(Oc3cc([C@H]4Oc5cc(O)cc(O)c5C[C@@H]4O)ccc3O)c1)[C@@H](O)C2. The van der Waals surface area contributed by atoms with Crippen LogP contribution in [0.25, 0.3) is 0 Å². The number of fused-ring (bicyclic) bond motifs is 2. The molecule has 0 fully saturated rings. The van der Waals surface area contributed by atoms with Crippen LogP contribution in [0, 0.1) is 0 Å². The standard InChI is InChI=1S/C30H26O11/c31-15-7-21(35)17-11-23(37)29(40-25(17)9-15)13-1-3-19(33)27(5-13)39-28-6-14(2-4-20(28)34)30-24(38)12-18-22(36)8-16(32)10-26(18)41-30/h1-10,23-24,29-38H,11-12H2/t23-,24-,29+,30+/m0/s1. The molecule has 2 aliphatic rings. The smallest absolute Gasteiger partial charge is 0.169 e. The highest BCUT2D eigenvalue weighted by molar-refractivity contribution is 5.54. The van der Waals surface area contributed by atoms with E-state index in [4.69, 9.17) is 14.2 Å². The van der Waals surface area contributed by atoms with Gasteiger partial charge in [-0.3, -0.25) is 0 Å². The fourth-order valence-corrected chi connectivity index (χ4v) is 5.19. The number of phenols is 6. The maximum absolute atomic E-state index is 10.8. The average Bonchev–Trinajstić information content (AvgIpc) is 2.91. The van der Waals surface area contributed by atoms with Crippen LogP contribution in [0.3, 0.4) is 0 Å². The number of rotatable bonds is 4. The Hall–Kier alpha value is -5.00. The Bertz CT molecular complexity index is 1530. The minimum absolute atomic E-state index is 0.0500. The Labute approximate surface area is 232 Å². The zero-order valence-electron chi connectivity index (χ0n) is 21.3. The Morgan fingerprint density at radius 3 is 1.37 bits per heavy atom. The van der Waals surface area contributed by atoms with Gasteiger partial charge in [-0.1, -0.05) is 12.1 Å². The van der Waals surface area contributed by atoms with Crippen LogP contribution in [0.15, 0.2) is 60.7 Å². The van der Waals surface area contributed by atoms with E-state index < -0.39 is 24.4 Å². The molecule has 4 aromatic rings. The Morgan fingerprint density at radius 2 is 0.951 bits per heavy atom. The molecule has 11 nitrogen and oxygen atoms in total. The molecule has 6 rings (SSSR count). The molecule has 0 spiro atoms. The third kappa shape index (κ3) is 4.81. The van der Waals surface area contributed by atoms with Gasteiger partial charge in [0.2, 0.25) is 0 Å². The summed E-state index contributed by atoms with van der Waals surface area (Å²) < 4.78 is 17.6. The zero-order valence-corrected chi connectivity index (χ0v) is 21.3. The molecular formula is C30H26O11. The predicted octanol–water partition coefficient (Wildman–Crippen LogP) is 3.79. The first-order valence-corrected chi connectivity index (χ1v) is 12.7. The van der Waals surface area contributed by atoms with E-state index in [9.17, 15) is 40.9 Å². The van der Waals surface area contributed by atoms with Gasteiger partial charge in [-0.2, -0.15) is 0 Å². The largest absolute Gasteiger partial charge is 0.508 e. The summed E-state index contributed by atoms with van der Waals surface area (Å²) >= 11 is 0. The molecule has 2 aliphatic heterocycles. The third-order valence-electron chi connectivity index (χ3n) is 7.22. The number of ether oxygens (including phenoxy) is 3. The van der Waals surface area contributed by atoms with Gasteiger partial charge in [-0.05, 0) is 35.4 Å². The van der Waals surface area contributed by atoms with Crippen molar-refractivity contribution in [2.24, 2.45) is 0 Å². The minimum Gasteiger partial charge on any atom is -0.508 e. The number of benzene rings is 4. The van der Waals surface area contributed by atoms with Gasteiger partial charge in [0.15, 0.2) is 23.0 Å². The van der Waals surface area contributed by atoms with Crippen LogP contribution in [0.2, 0.25) is 0 Å². The molecule has 4 atom stereocenters. The molecule has 0 saturated carbocycles. The number of hydrogen-bond acceptors (Lipinski definition) is 11. The molecule has 0 saturated heterocycles. The predicted molar refractivity (Wildman–Crippen MR) is 142 cm³/mol. The third-order valence-corrected chi connectivity index (χ3v) is 7.22. The molecule has 8 N–H and O–H groups in total. The van der Waals surface area contributed by atoms with E-state index in [1.807, 2.05) is 0 Å². The number of aliphatic hydroxyl groups excluding tert-OH is 2. The monoisotopic (exact) mass is 562 g/mol. The van der Waals surface area contributed by atoms with Crippen LogP contribution in [0.4, 0.5) is 0 Å². The summed E-state index contributed by atoms with van der Waals surface area (Å²) in [5.74, 6) is -1.08. The van der Waals surface area contributed by atoms with Crippen molar-refractivity contribution in [1.82, 2.24) is 0 Å².